The third-order valence-electron chi connectivity index (χ3n) is 18.6. The van der Waals surface area contributed by atoms with Crippen LogP contribution in [0.1, 0.15) is 77.0 Å². The Bertz CT molecular complexity index is 2620. The Hall–Kier alpha value is 3.34. The zero-order valence-electron chi connectivity index (χ0n) is 94.1. The summed E-state index contributed by atoms with van der Waals surface area (Å²) in [5.41, 5.74) is -1.36. The van der Waals surface area contributed by atoms with Crippen LogP contribution < -0.4 is 0 Å². The van der Waals surface area contributed by atoms with Gasteiger partial charge in [-0.2, -0.15) is 0 Å². The van der Waals surface area contributed by atoms with Crippen LogP contribution in [0.2, 0.25) is 343 Å². The van der Waals surface area contributed by atoms with E-state index in [1.165, 1.54) is 0 Å². The second-order valence-electron chi connectivity index (χ2n) is 52.2. The van der Waals surface area contributed by atoms with E-state index in [1.807, 2.05) is 0 Å². The molecule has 0 heterocycles. The number of aliphatic hydroxyl groups excluding tert-OH is 6. The van der Waals surface area contributed by atoms with Crippen molar-refractivity contribution >= 4 is 168 Å². The topological polar surface area (TPSA) is 297 Å². The molecule has 0 unspecified atom stereocenters. The first-order chi connectivity index (χ1) is 58.5. The van der Waals surface area contributed by atoms with Crippen LogP contribution in [0.5, 0.6) is 0 Å². The lowest BCUT2D eigenvalue weighted by molar-refractivity contribution is -0.0777. The average molecular weight is 2210 g/mol. The summed E-state index contributed by atoms with van der Waals surface area (Å²) in [4.78, 5) is 0. The lowest BCUT2D eigenvalue weighted by Crippen LogP contribution is -2.60. The minimum atomic E-state index is -2.93. The fraction of sp³-hybridized carbons (Fsp3) is 1.00. The number of hydrogen-bond acceptors (Lipinski definition) is 25. The number of hydrogen-bond donors (Lipinski definition) is 6. The summed E-state index contributed by atoms with van der Waals surface area (Å²) >= 11 is 0. The molecule has 0 bridgehead atoms. The van der Waals surface area contributed by atoms with Crippen LogP contribution in [0.3, 0.4) is 0 Å². The molecule has 0 aliphatic carbocycles. The highest BCUT2D eigenvalue weighted by Gasteiger charge is 2.52. The van der Waals surface area contributed by atoms with Gasteiger partial charge >= 0.3 is 51.6 Å². The van der Waals surface area contributed by atoms with Crippen molar-refractivity contribution in [2.45, 2.75) is 420 Å². The molecular weight excluding hydrogens is 1990 g/mol. The Morgan fingerprint density at radius 3 is 0.496 bits per heavy atom. The van der Waals surface area contributed by atoms with Gasteiger partial charge in [0, 0.05) is 53.8 Å². The van der Waals surface area contributed by atoms with Crippen LogP contribution in [0.25, 0.3) is 0 Å². The van der Waals surface area contributed by atoms with Crippen LogP contribution in [0, 0.1) is 16.2 Å². The van der Waals surface area contributed by atoms with Gasteiger partial charge in [-0.25, -0.2) is 0 Å². The van der Waals surface area contributed by atoms with E-state index in [9.17, 15) is 30.6 Å². The highest BCUT2D eigenvalue weighted by atomic mass is 28.5. The molecule has 0 aliphatic rings. The largest absolute Gasteiger partial charge is 0.469 e. The van der Waals surface area contributed by atoms with Gasteiger partial charge in [-0.3, -0.25) is 0 Å². The molecule has 6 N–H and O–H groups in total. The van der Waals surface area contributed by atoms with E-state index in [-0.39, 0.29) is 79.3 Å². The van der Waals surface area contributed by atoms with Gasteiger partial charge in [0.2, 0.25) is 0 Å². The molecule has 45 heteroatoms. The molecule has 0 aromatic rings. The van der Waals surface area contributed by atoms with Gasteiger partial charge in [0.05, 0.1) is 95.5 Å². The highest BCUT2D eigenvalue weighted by Crippen LogP contribution is 2.37. The second kappa shape index (κ2) is 60.0. The minimum Gasteiger partial charge on any atom is -0.437 e. The third-order valence-corrected chi connectivity index (χ3v) is 84.5. The fourth-order valence-electron chi connectivity index (χ4n) is 15.8. The molecule has 131 heavy (non-hydrogen) atoms. The molecule has 0 rings (SSSR count). The maximum absolute atomic E-state index is 10.3. The zero-order chi connectivity index (χ0) is 103. The number of ether oxygens (including phenoxy) is 6. The predicted molar refractivity (Wildman–Crippen MR) is 603 cm³/mol. The van der Waals surface area contributed by atoms with Crippen molar-refractivity contribution in [3.8, 4) is 0 Å². The molecule has 0 aromatic carbocycles. The molecule has 0 aromatic heterocycles. The van der Waals surface area contributed by atoms with E-state index < -0.39 is 184 Å². The first-order valence-corrected chi connectivity index (χ1v) is 112. The van der Waals surface area contributed by atoms with Crippen LogP contribution in [0.4, 0.5) is 0 Å². The van der Waals surface area contributed by atoms with Crippen LogP contribution in [-0.4, -0.2) is 317 Å². The highest BCUT2D eigenvalue weighted by molar-refractivity contribution is 6.98. The van der Waals surface area contributed by atoms with E-state index in [0.717, 1.165) is 113 Å². The normalized spacial score (nSPS) is 14.7. The van der Waals surface area contributed by atoms with Gasteiger partial charge in [-0.15, -0.1) is 0 Å². The van der Waals surface area contributed by atoms with Gasteiger partial charge in [-0.05, 0) is 369 Å². The van der Waals surface area contributed by atoms with Gasteiger partial charge < -0.3 is 113 Å². The molecule has 0 saturated carbocycles. The SMILES string of the molecule is C[Si](C)(C)C[Si](CCCOCC(CO)(CO)COCCC[Si](O[Si](C)(C)C)(O[Si](C)(C)C)O[Si](C)(C)C)(O[Si](C)(C)C)O[Si](C)(C)C.C[Si](C)(C)O[Si](C)(CCCCCOCC(CO)(CO)COCCCCC[Si](C)(O[Si](C)(C)C)O[Si](C)(C)C)O[Si](C)(C)C.C[Si](C)(C)O[Si](C)(CCCCOCC(CO)(CO)COCCCC[Si](C)(O[Si](C)(C)C)O[Si](C)(C)C)O[Si](C)(C)C. The number of unbranched alkanes of at least 4 members (excludes halogenated alkanes) is 6. The van der Waals surface area contributed by atoms with Crippen molar-refractivity contribution in [1.29, 1.82) is 0 Å². The molecular formula is C86H218O25Si20. The fourth-order valence-corrected chi connectivity index (χ4v) is 101. The van der Waals surface area contributed by atoms with Crippen molar-refractivity contribution in [3.05, 3.63) is 0 Å². The lowest BCUT2D eigenvalue weighted by atomic mass is 9.92. The zero-order valence-corrected chi connectivity index (χ0v) is 114. The summed E-state index contributed by atoms with van der Waals surface area (Å²) < 4.78 is 123. The molecule has 0 fully saturated rings. The Labute approximate surface area is 829 Å². The van der Waals surface area contributed by atoms with Gasteiger partial charge in [0.25, 0.3) is 0 Å². The van der Waals surface area contributed by atoms with Crippen molar-refractivity contribution in [2.75, 3.05) is 119 Å². The molecule has 0 amide bonds. The molecule has 25 nitrogen and oxygen atoms in total. The van der Waals surface area contributed by atoms with E-state index in [1.54, 1.807) is 0 Å². The van der Waals surface area contributed by atoms with Crippen LogP contribution >= 0.6 is 0 Å². The van der Waals surface area contributed by atoms with Crippen LogP contribution in [0.15, 0.2) is 0 Å². The summed E-state index contributed by atoms with van der Waals surface area (Å²) in [7, 11) is -38.7. The standard InChI is InChI=1S/C30H78O9Si8.C29H72O8Si6.C27H68O8Si6/c1-40(2,3)29-46(35-41(4,5)6,36-42(7,8)9)23-19-21-33-27-30(25-31,26-32)28-34-22-20-24-47(37-43(10,11)12,38-44(13,14)15)39-45(16,17)18;1-38(2,3)34-42(13,35-39(4,5)6)23-19-15-17-21-32-27-29(25-30,26-31)28-33-22-18-16-20-24-43(14,36-40(7,8)9)37-41(10,11)12;1-36(2,3)32-40(13,33-37(4,5)6)21-17-15-19-30-25-27(23-28,24-29)26-31-20-16-18-22-41(14,34-38(7,8)9)35-39(10,11)12/h31-32H,19-29H2,1-18H3;30-31H,15-28H2,1-14H3;28-29H,15-26H2,1-14H3. The Kier molecular flexibility index (Phi) is 63.4. The van der Waals surface area contributed by atoms with E-state index in [2.05, 4.69) is 301 Å². The predicted octanol–water partition coefficient (Wildman–Crippen LogP) is 23.3. The smallest absolute Gasteiger partial charge is 0.437 e. The summed E-state index contributed by atoms with van der Waals surface area (Å²) in [6.45, 7) is 107. The molecule has 0 radical (unpaired) electrons. The number of aliphatic hydroxyl groups is 6. The van der Waals surface area contributed by atoms with Gasteiger partial charge in [0.1, 0.15) is 0 Å². The Morgan fingerprint density at radius 1 is 0.168 bits per heavy atom. The van der Waals surface area contributed by atoms with Gasteiger partial charge in [-0.1, -0.05) is 45.3 Å². The Morgan fingerprint density at radius 2 is 0.328 bits per heavy atom. The molecule has 0 saturated heterocycles. The summed E-state index contributed by atoms with van der Waals surface area (Å²) in [6, 6.07) is 5.50. The van der Waals surface area contributed by atoms with Crippen LogP contribution in [-0.2, 0) is 81.9 Å². The summed E-state index contributed by atoms with van der Waals surface area (Å²) in [5.74, 6) is 0. The summed E-state index contributed by atoms with van der Waals surface area (Å²) in [6.07, 6.45) is 11.4. The minimum absolute atomic E-state index is 0.165. The lowest BCUT2D eigenvalue weighted by Gasteiger charge is -2.43. The molecule has 0 spiro atoms. The van der Waals surface area contributed by atoms with Crippen molar-refractivity contribution < 1.29 is 113 Å². The van der Waals surface area contributed by atoms with E-state index in [4.69, 9.17) is 81.9 Å². The first-order valence-electron chi connectivity index (χ1n) is 49.7. The maximum atomic E-state index is 10.3. The number of rotatable bonds is 76. The van der Waals surface area contributed by atoms with Crippen molar-refractivity contribution in [2.24, 2.45) is 16.2 Å². The Balaban J connectivity index is -0.00000188. The first kappa shape index (κ1) is 138. The van der Waals surface area contributed by atoms with E-state index in [0.29, 0.717) is 45.7 Å². The third kappa shape index (κ3) is 78.3. The van der Waals surface area contributed by atoms with E-state index >= 15 is 0 Å². The van der Waals surface area contributed by atoms with Crippen molar-refractivity contribution in [1.82, 2.24) is 0 Å². The maximum Gasteiger partial charge on any atom is 0.469 e. The molecule has 792 valence electrons. The van der Waals surface area contributed by atoms with Gasteiger partial charge in [0.15, 0.2) is 108 Å². The average Bonchev–Trinajstić information content (AvgIpc) is 0.800. The summed E-state index contributed by atoms with van der Waals surface area (Å²) in [5, 5.41) is 60.9. The molecule has 0 aliphatic heterocycles. The quantitative estimate of drug-likeness (QED) is 0.0244. The monoisotopic (exact) mass is 2210 g/mol. The molecule has 0 atom stereocenters. The van der Waals surface area contributed by atoms with Crippen molar-refractivity contribution in [3.63, 3.8) is 0 Å². The second-order valence-corrected chi connectivity index (χ2v) is 139.